The molecule has 1 aromatic carbocycles. The van der Waals surface area contributed by atoms with Crippen LogP contribution in [0.25, 0.3) is 0 Å². The molecule has 1 N–H and O–H groups in total. The van der Waals surface area contributed by atoms with Crippen molar-refractivity contribution >= 4 is 5.91 Å². The van der Waals surface area contributed by atoms with Gasteiger partial charge in [0.1, 0.15) is 5.76 Å². The first-order valence-electron chi connectivity index (χ1n) is 13.7. The van der Waals surface area contributed by atoms with E-state index in [4.69, 9.17) is 0 Å². The van der Waals surface area contributed by atoms with Crippen LogP contribution in [0, 0.1) is 0 Å². The van der Waals surface area contributed by atoms with Crippen LogP contribution < -0.4 is 0 Å². The number of nitrogens with zero attached hydrogens (tertiary/aromatic N) is 3. The van der Waals surface area contributed by atoms with Crippen LogP contribution in [0.5, 0.6) is 0 Å². The van der Waals surface area contributed by atoms with Gasteiger partial charge in [-0.3, -0.25) is 14.6 Å². The van der Waals surface area contributed by atoms with Gasteiger partial charge in [0.05, 0.1) is 6.04 Å². The quantitative estimate of drug-likeness (QED) is 0.542. The van der Waals surface area contributed by atoms with E-state index < -0.39 is 0 Å². The fourth-order valence-electron chi connectivity index (χ4n) is 6.72. The molecule has 3 heterocycles. The van der Waals surface area contributed by atoms with E-state index in [0.29, 0.717) is 17.8 Å². The van der Waals surface area contributed by atoms with E-state index in [-0.39, 0.29) is 11.9 Å². The topological polar surface area (TPSA) is 47.0 Å². The van der Waals surface area contributed by atoms with Crippen molar-refractivity contribution in [2.24, 2.45) is 0 Å². The smallest absolute Gasteiger partial charge is 0.253 e. The normalized spacial score (nSPS) is 26.9. The van der Waals surface area contributed by atoms with E-state index in [1.165, 1.54) is 43.2 Å². The summed E-state index contributed by atoms with van der Waals surface area (Å²) in [6.45, 7) is 8.84. The maximum Gasteiger partial charge on any atom is 0.253 e. The van der Waals surface area contributed by atoms with Gasteiger partial charge in [-0.2, -0.15) is 0 Å². The van der Waals surface area contributed by atoms with E-state index in [1.807, 2.05) is 35.3 Å². The Kier molecular flexibility index (Phi) is 7.74. The zero-order chi connectivity index (χ0) is 24.2. The second kappa shape index (κ2) is 11.1. The first kappa shape index (κ1) is 24.3. The van der Waals surface area contributed by atoms with Crippen LogP contribution in [0.15, 0.2) is 60.4 Å². The predicted octanol–water partition coefficient (Wildman–Crippen LogP) is 5.63. The van der Waals surface area contributed by atoms with Crippen LogP contribution in [-0.2, 0) is 0 Å². The maximum absolute atomic E-state index is 13.2. The summed E-state index contributed by atoms with van der Waals surface area (Å²) >= 11 is 0. The number of aliphatic hydroxyl groups excluding tert-OH is 1. The largest absolute Gasteiger partial charge is 0.508 e. The van der Waals surface area contributed by atoms with Gasteiger partial charge in [0, 0.05) is 50.4 Å². The Balaban J connectivity index is 1.43. The third kappa shape index (κ3) is 5.41. The van der Waals surface area contributed by atoms with E-state index in [2.05, 4.69) is 28.5 Å². The lowest BCUT2D eigenvalue weighted by atomic mass is 9.89. The maximum atomic E-state index is 13.2. The molecule has 5 nitrogen and oxygen atoms in total. The molecule has 3 aliphatic heterocycles. The zero-order valence-corrected chi connectivity index (χ0v) is 21.1. The monoisotopic (exact) mass is 475 g/mol. The minimum Gasteiger partial charge on any atom is -0.508 e. The molecular weight excluding hydrogens is 434 g/mol. The van der Waals surface area contributed by atoms with E-state index in [9.17, 15) is 9.90 Å². The fraction of sp³-hybridized carbons (Fsp3) is 0.567. The summed E-state index contributed by atoms with van der Waals surface area (Å²) in [5.41, 5.74) is 3.34. The molecule has 0 saturated carbocycles. The molecule has 3 atom stereocenters. The number of allylic oxidation sites excluding steroid dienone is 2. The summed E-state index contributed by atoms with van der Waals surface area (Å²) in [5.74, 6) is 0.557. The summed E-state index contributed by atoms with van der Waals surface area (Å²) in [6, 6.07) is 9.63. The molecule has 1 amide bonds. The molecule has 35 heavy (non-hydrogen) atoms. The molecule has 3 fully saturated rings. The Morgan fingerprint density at radius 2 is 1.77 bits per heavy atom. The molecule has 2 bridgehead atoms. The Morgan fingerprint density at radius 3 is 2.49 bits per heavy atom. The summed E-state index contributed by atoms with van der Waals surface area (Å²) in [4.78, 5) is 20.5. The minimum atomic E-state index is 0.148. The van der Waals surface area contributed by atoms with Crippen molar-refractivity contribution < 1.29 is 9.90 Å². The predicted molar refractivity (Wildman–Crippen MR) is 141 cm³/mol. The van der Waals surface area contributed by atoms with Gasteiger partial charge in [-0.05, 0) is 80.4 Å². The number of likely N-dealkylation sites (tertiary alicyclic amines) is 2. The minimum absolute atomic E-state index is 0.148. The van der Waals surface area contributed by atoms with Gasteiger partial charge in [0.25, 0.3) is 5.91 Å². The van der Waals surface area contributed by atoms with Crippen molar-refractivity contribution in [3.05, 3.63) is 71.5 Å². The number of hydrogen-bond donors (Lipinski definition) is 1. The Hall–Kier alpha value is -2.37. The van der Waals surface area contributed by atoms with Gasteiger partial charge in [-0.1, -0.05) is 31.1 Å². The van der Waals surface area contributed by atoms with Crippen molar-refractivity contribution in [2.75, 3.05) is 32.7 Å². The van der Waals surface area contributed by atoms with Crippen LogP contribution >= 0.6 is 0 Å². The van der Waals surface area contributed by atoms with Crippen LogP contribution in [0.3, 0.4) is 0 Å². The summed E-state index contributed by atoms with van der Waals surface area (Å²) in [6.07, 6.45) is 16.1. The van der Waals surface area contributed by atoms with Gasteiger partial charge in [-0.15, -0.1) is 6.58 Å². The van der Waals surface area contributed by atoms with Crippen LogP contribution in [0.2, 0.25) is 0 Å². The molecule has 1 aromatic rings. The lowest BCUT2D eigenvalue weighted by Crippen LogP contribution is -2.42. The van der Waals surface area contributed by atoms with Crippen LogP contribution in [-0.4, -0.2) is 70.5 Å². The second-order valence-electron chi connectivity index (χ2n) is 10.8. The van der Waals surface area contributed by atoms with E-state index >= 15 is 0 Å². The molecule has 3 saturated heterocycles. The van der Waals surface area contributed by atoms with Crippen LogP contribution in [0.1, 0.15) is 79.8 Å². The Bertz CT molecular complexity index is 958. The highest BCUT2D eigenvalue weighted by atomic mass is 16.3. The Morgan fingerprint density at radius 1 is 1.03 bits per heavy atom. The highest BCUT2D eigenvalue weighted by Gasteiger charge is 2.42. The summed E-state index contributed by atoms with van der Waals surface area (Å²) < 4.78 is 0. The highest BCUT2D eigenvalue weighted by molar-refractivity contribution is 5.94. The standard InChI is InChI=1S/C30H41N3O2/c1-2-17-31-20-16-26-14-15-27(22-31)33(26)29(25-8-7-9-28(34)21-25)23-10-12-24(13-11-23)30(35)32-18-5-3-4-6-19-32/h2,9-13,21,26-27,29,34H,1,3-8,14-20,22H2. The second-order valence-corrected chi connectivity index (χ2v) is 10.8. The number of carbonyl (C=O) groups excluding carboxylic acids is 1. The molecule has 0 radical (unpaired) electrons. The van der Waals surface area contributed by atoms with Crippen molar-refractivity contribution in [2.45, 2.75) is 75.9 Å². The van der Waals surface area contributed by atoms with Gasteiger partial charge in [0.15, 0.2) is 0 Å². The van der Waals surface area contributed by atoms with Crippen LogP contribution in [0.4, 0.5) is 0 Å². The lowest BCUT2D eigenvalue weighted by Gasteiger charge is -2.39. The number of carbonyl (C=O) groups is 1. The van der Waals surface area contributed by atoms with Gasteiger partial charge in [0.2, 0.25) is 0 Å². The number of fused-ring (bicyclic) bond motifs is 2. The van der Waals surface area contributed by atoms with Crippen molar-refractivity contribution in [1.82, 2.24) is 14.7 Å². The first-order chi connectivity index (χ1) is 17.1. The third-order valence-corrected chi connectivity index (χ3v) is 8.45. The molecule has 0 aromatic heterocycles. The number of aliphatic hydroxyl groups is 1. The molecule has 5 rings (SSSR count). The van der Waals surface area contributed by atoms with Crippen molar-refractivity contribution in [3.63, 3.8) is 0 Å². The molecule has 3 unspecified atom stereocenters. The molecule has 0 spiro atoms. The average molecular weight is 476 g/mol. The molecule has 188 valence electrons. The number of benzene rings is 1. The lowest BCUT2D eigenvalue weighted by molar-refractivity contribution is 0.0761. The van der Waals surface area contributed by atoms with Gasteiger partial charge < -0.3 is 10.0 Å². The number of hydrogen-bond acceptors (Lipinski definition) is 4. The molecular formula is C30H41N3O2. The number of amides is 1. The molecule has 4 aliphatic rings. The SMILES string of the molecule is C=CCN1CCC2CCC(C1)N2C(C1=CC(O)=CCC1)c1ccc(C(=O)N2CCCCCC2)cc1. The van der Waals surface area contributed by atoms with Crippen molar-refractivity contribution in [3.8, 4) is 0 Å². The van der Waals surface area contributed by atoms with Crippen molar-refractivity contribution in [1.29, 1.82) is 0 Å². The zero-order valence-electron chi connectivity index (χ0n) is 21.1. The first-order valence-corrected chi connectivity index (χ1v) is 13.7. The summed E-state index contributed by atoms with van der Waals surface area (Å²) in [5, 5.41) is 10.4. The summed E-state index contributed by atoms with van der Waals surface area (Å²) in [7, 11) is 0. The highest BCUT2D eigenvalue weighted by Crippen LogP contribution is 2.43. The van der Waals surface area contributed by atoms with Gasteiger partial charge in [-0.25, -0.2) is 0 Å². The average Bonchev–Trinajstić information content (AvgIpc) is 3.02. The number of rotatable bonds is 6. The molecule has 5 heteroatoms. The van der Waals surface area contributed by atoms with Gasteiger partial charge >= 0.3 is 0 Å². The molecule has 1 aliphatic carbocycles. The Labute approximate surface area is 210 Å². The third-order valence-electron chi connectivity index (χ3n) is 8.45. The fourth-order valence-corrected chi connectivity index (χ4v) is 6.72. The van der Waals surface area contributed by atoms with E-state index in [1.54, 1.807) is 0 Å². The van der Waals surface area contributed by atoms with E-state index in [0.717, 1.165) is 64.0 Å².